The molecule has 0 aromatic carbocycles. The number of imidazole rings is 1. The Balaban J connectivity index is 2.70. The molecule has 1 rings (SSSR count). The van der Waals surface area contributed by atoms with E-state index in [1.54, 1.807) is 0 Å². The van der Waals surface area contributed by atoms with Gasteiger partial charge in [0.05, 0.1) is 7.11 Å². The van der Waals surface area contributed by atoms with E-state index in [-0.39, 0.29) is 0 Å². The average Bonchev–Trinajstić information content (AvgIpc) is 2.53. The molecule has 0 saturated carbocycles. The van der Waals surface area contributed by atoms with Crippen molar-refractivity contribution in [1.82, 2.24) is 9.66 Å². The lowest BCUT2D eigenvalue weighted by atomic mass is 10.9. The van der Waals surface area contributed by atoms with Crippen molar-refractivity contribution in [3.05, 3.63) is 18.7 Å². The fourth-order valence-corrected chi connectivity index (χ4v) is 0.567. The van der Waals surface area contributed by atoms with Crippen molar-refractivity contribution >= 4 is 6.09 Å². The highest BCUT2D eigenvalue weighted by Crippen LogP contribution is 1.87. The molecule has 0 atom stereocenters. The molecular formula is C5H8N4O2. The number of methoxy groups -OCH3 is 1. The van der Waals surface area contributed by atoms with Crippen LogP contribution in [0.5, 0.6) is 0 Å². The zero-order chi connectivity index (χ0) is 8.27. The molecule has 0 saturated heterocycles. The molecule has 2 N–H and O–H groups in total. The van der Waals surface area contributed by atoms with Crippen molar-refractivity contribution in [3.8, 4) is 0 Å². The van der Waals surface area contributed by atoms with Crippen LogP contribution in [0, 0.1) is 0 Å². The normalized spacial score (nSPS) is 9.27. The van der Waals surface area contributed by atoms with E-state index in [9.17, 15) is 4.79 Å². The Bertz CT molecular complexity index is 233. The molecule has 6 heteroatoms. The number of carbonyl (C=O) groups excluding carboxylic acids is 1. The maximum Gasteiger partial charge on any atom is 0.444 e. The van der Waals surface area contributed by atoms with Crippen LogP contribution < -0.4 is 11.0 Å². The lowest BCUT2D eigenvalue weighted by Crippen LogP contribution is -2.45. The van der Waals surface area contributed by atoms with Crippen LogP contribution in [0.4, 0.5) is 4.79 Å². The van der Waals surface area contributed by atoms with Crippen molar-refractivity contribution in [2.45, 2.75) is 0 Å². The van der Waals surface area contributed by atoms with Crippen molar-refractivity contribution in [2.24, 2.45) is 5.84 Å². The van der Waals surface area contributed by atoms with Gasteiger partial charge >= 0.3 is 6.09 Å². The monoisotopic (exact) mass is 156 g/mol. The topological polar surface area (TPSA) is 73.4 Å². The predicted molar refractivity (Wildman–Crippen MR) is 37.0 cm³/mol. The summed E-state index contributed by atoms with van der Waals surface area (Å²) in [5.41, 5.74) is 0. The molecule has 11 heavy (non-hydrogen) atoms. The number of ether oxygens (including phenoxy) is 1. The molecule has 0 fully saturated rings. The third-order valence-corrected chi connectivity index (χ3v) is 1.10. The summed E-state index contributed by atoms with van der Waals surface area (Å²) in [6.07, 6.45) is 3.76. The minimum atomic E-state index is -0.650. The van der Waals surface area contributed by atoms with Gasteiger partial charge in [-0.2, -0.15) is 0 Å². The lowest BCUT2D eigenvalue weighted by Gasteiger charge is -2.14. The number of rotatable bonds is 1. The van der Waals surface area contributed by atoms with E-state index < -0.39 is 6.09 Å². The SMILES string of the molecule is COC(=O)N(N)n1ccnc1. The van der Waals surface area contributed by atoms with Crippen LogP contribution in [-0.4, -0.2) is 22.9 Å². The Morgan fingerprint density at radius 3 is 3.00 bits per heavy atom. The third kappa shape index (κ3) is 1.47. The molecule has 0 radical (unpaired) electrons. The van der Waals surface area contributed by atoms with Gasteiger partial charge in [-0.15, -0.1) is 5.12 Å². The minimum absolute atomic E-state index is 0.650. The molecule has 60 valence electrons. The molecule has 0 bridgehead atoms. The van der Waals surface area contributed by atoms with Crippen LogP contribution in [-0.2, 0) is 4.74 Å². The van der Waals surface area contributed by atoms with E-state index >= 15 is 0 Å². The molecular weight excluding hydrogens is 148 g/mol. The smallest absolute Gasteiger partial charge is 0.444 e. The van der Waals surface area contributed by atoms with Gasteiger partial charge in [0.15, 0.2) is 0 Å². The molecule has 6 nitrogen and oxygen atoms in total. The molecule has 1 aromatic heterocycles. The van der Waals surface area contributed by atoms with Crippen molar-refractivity contribution < 1.29 is 9.53 Å². The summed E-state index contributed by atoms with van der Waals surface area (Å²) in [4.78, 5) is 14.4. The van der Waals surface area contributed by atoms with Crippen molar-refractivity contribution in [3.63, 3.8) is 0 Å². The number of amides is 1. The van der Waals surface area contributed by atoms with Crippen LogP contribution in [0.2, 0.25) is 0 Å². The minimum Gasteiger partial charge on any atom is -0.451 e. The van der Waals surface area contributed by atoms with Crippen LogP contribution in [0.3, 0.4) is 0 Å². The quantitative estimate of drug-likeness (QED) is 0.336. The van der Waals surface area contributed by atoms with Crippen LogP contribution in [0.25, 0.3) is 0 Å². The zero-order valence-electron chi connectivity index (χ0n) is 5.97. The van der Waals surface area contributed by atoms with Gasteiger partial charge in [-0.25, -0.2) is 20.3 Å². The second kappa shape index (κ2) is 3.02. The number of hydrogen-bond acceptors (Lipinski definition) is 4. The molecule has 1 amide bonds. The Kier molecular flexibility index (Phi) is 2.07. The molecule has 0 unspecified atom stereocenters. The van der Waals surface area contributed by atoms with E-state index in [0.29, 0.717) is 0 Å². The van der Waals surface area contributed by atoms with Gasteiger partial charge in [-0.05, 0) is 0 Å². The Morgan fingerprint density at radius 1 is 1.82 bits per heavy atom. The van der Waals surface area contributed by atoms with Gasteiger partial charge < -0.3 is 4.74 Å². The number of nitrogens with zero attached hydrogens (tertiary/aromatic N) is 3. The first-order chi connectivity index (χ1) is 5.25. The number of hydrazine groups is 1. The van der Waals surface area contributed by atoms with E-state index in [4.69, 9.17) is 5.84 Å². The van der Waals surface area contributed by atoms with Gasteiger partial charge in [0, 0.05) is 12.4 Å². The van der Waals surface area contributed by atoms with E-state index in [1.165, 1.54) is 30.5 Å². The highest BCUT2D eigenvalue weighted by Gasteiger charge is 2.08. The number of aromatic nitrogens is 2. The van der Waals surface area contributed by atoms with Gasteiger partial charge in [-0.1, -0.05) is 0 Å². The number of carbonyl (C=O) groups is 1. The summed E-state index contributed by atoms with van der Waals surface area (Å²) in [5, 5.41) is 0.799. The van der Waals surface area contributed by atoms with E-state index in [2.05, 4.69) is 9.72 Å². The molecule has 0 aliphatic rings. The van der Waals surface area contributed by atoms with Crippen LogP contribution >= 0.6 is 0 Å². The molecule has 0 spiro atoms. The first-order valence-corrected chi connectivity index (χ1v) is 2.86. The largest absolute Gasteiger partial charge is 0.451 e. The average molecular weight is 156 g/mol. The molecule has 1 aromatic rings. The summed E-state index contributed by atoms with van der Waals surface area (Å²) in [7, 11) is 1.25. The summed E-state index contributed by atoms with van der Waals surface area (Å²) in [5.74, 6) is 5.28. The van der Waals surface area contributed by atoms with Gasteiger partial charge in [0.2, 0.25) is 0 Å². The van der Waals surface area contributed by atoms with Gasteiger partial charge in [-0.3, -0.25) is 0 Å². The molecule has 0 aliphatic carbocycles. The van der Waals surface area contributed by atoms with Crippen molar-refractivity contribution in [1.29, 1.82) is 0 Å². The predicted octanol–water partition coefficient (Wildman–Crippen LogP) is -0.539. The highest BCUT2D eigenvalue weighted by molar-refractivity contribution is 5.76. The fraction of sp³-hybridized carbons (Fsp3) is 0.200. The fourth-order valence-electron chi connectivity index (χ4n) is 0.567. The first kappa shape index (κ1) is 7.55. The van der Waals surface area contributed by atoms with E-state index in [0.717, 1.165) is 5.12 Å². The molecule has 1 heterocycles. The third-order valence-electron chi connectivity index (χ3n) is 1.10. The molecule has 0 aliphatic heterocycles. The summed E-state index contributed by atoms with van der Waals surface area (Å²) < 4.78 is 5.65. The van der Waals surface area contributed by atoms with Crippen LogP contribution in [0.15, 0.2) is 18.7 Å². The standard InChI is InChI=1S/C5H8N4O2/c1-11-5(10)9(6)8-3-2-7-4-8/h2-4H,6H2,1H3. The zero-order valence-corrected chi connectivity index (χ0v) is 5.97. The summed E-state index contributed by atoms with van der Waals surface area (Å²) >= 11 is 0. The van der Waals surface area contributed by atoms with Crippen molar-refractivity contribution in [2.75, 3.05) is 12.2 Å². The van der Waals surface area contributed by atoms with Gasteiger partial charge in [0.25, 0.3) is 0 Å². The maximum absolute atomic E-state index is 10.7. The second-order valence-electron chi connectivity index (χ2n) is 1.76. The Labute approximate surface area is 63.1 Å². The summed E-state index contributed by atoms with van der Waals surface area (Å²) in [6, 6.07) is 0. The van der Waals surface area contributed by atoms with Gasteiger partial charge in [0.1, 0.15) is 6.33 Å². The second-order valence-corrected chi connectivity index (χ2v) is 1.76. The Hall–Kier alpha value is -1.56. The lowest BCUT2D eigenvalue weighted by molar-refractivity contribution is 0.171. The maximum atomic E-state index is 10.7. The van der Waals surface area contributed by atoms with E-state index in [1.807, 2.05) is 0 Å². The number of hydrogen-bond donors (Lipinski definition) is 1. The summed E-state index contributed by atoms with van der Waals surface area (Å²) in [6.45, 7) is 0. The Morgan fingerprint density at radius 2 is 2.55 bits per heavy atom. The highest BCUT2D eigenvalue weighted by atomic mass is 16.6. The first-order valence-electron chi connectivity index (χ1n) is 2.86. The van der Waals surface area contributed by atoms with Crippen LogP contribution in [0.1, 0.15) is 0 Å². The number of nitrogens with two attached hydrogens (primary N) is 1.